The fraction of sp³-hybridized carbons (Fsp3) is 0.381. The molecular weight excluding hydrogens is 376 g/mol. The smallest absolute Gasteiger partial charge is 0.262 e. The Hall–Kier alpha value is -2.38. The summed E-state index contributed by atoms with van der Waals surface area (Å²) < 4.78 is 32.3. The fourth-order valence-electron chi connectivity index (χ4n) is 3.18. The van der Waals surface area contributed by atoms with Crippen molar-refractivity contribution in [3.63, 3.8) is 0 Å². The summed E-state index contributed by atoms with van der Waals surface area (Å²) in [6, 6.07) is 12.0. The van der Waals surface area contributed by atoms with E-state index in [1.807, 2.05) is 32.0 Å². The van der Waals surface area contributed by atoms with Crippen molar-refractivity contribution in [2.75, 3.05) is 25.0 Å². The number of sulfonamides is 1. The molecule has 3 rings (SSSR count). The minimum absolute atomic E-state index is 0.147. The van der Waals surface area contributed by atoms with Gasteiger partial charge in [0.2, 0.25) is 10.0 Å². The summed E-state index contributed by atoms with van der Waals surface area (Å²) in [5, 5.41) is 2.83. The monoisotopic (exact) mass is 402 g/mol. The summed E-state index contributed by atoms with van der Waals surface area (Å²) in [5.74, 6) is 0.187. The van der Waals surface area contributed by atoms with Crippen LogP contribution in [0.15, 0.2) is 47.4 Å². The van der Waals surface area contributed by atoms with E-state index in [-0.39, 0.29) is 17.4 Å². The van der Waals surface area contributed by atoms with Crippen LogP contribution in [0, 0.1) is 13.8 Å². The van der Waals surface area contributed by atoms with Crippen molar-refractivity contribution in [1.29, 1.82) is 0 Å². The molecule has 2 aromatic rings. The van der Waals surface area contributed by atoms with Gasteiger partial charge in [-0.15, -0.1) is 0 Å². The van der Waals surface area contributed by atoms with Crippen molar-refractivity contribution in [3.05, 3.63) is 53.6 Å². The van der Waals surface area contributed by atoms with Gasteiger partial charge < -0.3 is 10.1 Å². The average Bonchev–Trinajstić information content (AvgIpc) is 2.71. The largest absolute Gasteiger partial charge is 0.484 e. The van der Waals surface area contributed by atoms with Crippen molar-refractivity contribution in [2.45, 2.75) is 38.0 Å². The lowest BCUT2D eigenvalue weighted by Gasteiger charge is -2.25. The number of anilines is 1. The maximum absolute atomic E-state index is 12.6. The van der Waals surface area contributed by atoms with Gasteiger partial charge in [0.15, 0.2) is 6.61 Å². The lowest BCUT2D eigenvalue weighted by Crippen LogP contribution is -2.35. The van der Waals surface area contributed by atoms with Gasteiger partial charge in [0.25, 0.3) is 5.91 Å². The van der Waals surface area contributed by atoms with Crippen LogP contribution < -0.4 is 10.1 Å². The number of nitrogens with zero attached hydrogens (tertiary/aromatic N) is 1. The van der Waals surface area contributed by atoms with E-state index in [1.165, 1.54) is 16.4 Å². The molecule has 1 aliphatic rings. The summed E-state index contributed by atoms with van der Waals surface area (Å²) in [6.45, 7) is 4.93. The summed E-state index contributed by atoms with van der Waals surface area (Å²) >= 11 is 0. The molecule has 6 nitrogen and oxygen atoms in total. The topological polar surface area (TPSA) is 75.7 Å². The number of carbonyl (C=O) groups is 1. The lowest BCUT2D eigenvalue weighted by molar-refractivity contribution is -0.118. The zero-order valence-electron chi connectivity index (χ0n) is 16.3. The molecular formula is C21H26N2O4S. The zero-order valence-corrected chi connectivity index (χ0v) is 17.1. The van der Waals surface area contributed by atoms with Crippen molar-refractivity contribution in [1.82, 2.24) is 4.31 Å². The number of aryl methyl sites for hydroxylation is 1. The Morgan fingerprint density at radius 3 is 2.39 bits per heavy atom. The molecule has 1 N–H and O–H groups in total. The second-order valence-electron chi connectivity index (χ2n) is 7.02. The molecule has 1 fully saturated rings. The van der Waals surface area contributed by atoms with Crippen molar-refractivity contribution >= 4 is 21.6 Å². The van der Waals surface area contributed by atoms with E-state index in [1.54, 1.807) is 12.1 Å². The number of carbonyl (C=O) groups excluding carboxylic acids is 1. The Labute approximate surface area is 166 Å². The van der Waals surface area contributed by atoms with Gasteiger partial charge in [-0.3, -0.25) is 4.79 Å². The van der Waals surface area contributed by atoms with E-state index in [4.69, 9.17) is 4.74 Å². The Kier molecular flexibility index (Phi) is 6.36. The molecule has 28 heavy (non-hydrogen) atoms. The van der Waals surface area contributed by atoms with Crippen LogP contribution in [0.4, 0.5) is 5.69 Å². The van der Waals surface area contributed by atoms with Crippen LogP contribution in [0.2, 0.25) is 0 Å². The predicted octanol–water partition coefficient (Wildman–Crippen LogP) is 3.50. The third kappa shape index (κ3) is 4.72. The number of ether oxygens (including phenoxy) is 1. The molecule has 0 aromatic heterocycles. The first-order valence-corrected chi connectivity index (χ1v) is 10.9. The van der Waals surface area contributed by atoms with Crippen LogP contribution in [0.3, 0.4) is 0 Å². The number of rotatable bonds is 6. The molecule has 1 heterocycles. The SMILES string of the molecule is Cc1cccc(NC(=O)COc2ccc(S(=O)(=O)N3CCCCC3)cc2)c1C. The molecule has 0 radical (unpaired) electrons. The zero-order chi connectivity index (χ0) is 20.1. The van der Waals surface area contributed by atoms with Crippen LogP contribution >= 0.6 is 0 Å². The Morgan fingerprint density at radius 2 is 1.71 bits per heavy atom. The van der Waals surface area contributed by atoms with Crippen molar-refractivity contribution in [3.8, 4) is 5.75 Å². The van der Waals surface area contributed by atoms with Crippen molar-refractivity contribution < 1.29 is 17.9 Å². The highest BCUT2D eigenvalue weighted by molar-refractivity contribution is 7.89. The van der Waals surface area contributed by atoms with Gasteiger partial charge in [-0.25, -0.2) is 8.42 Å². The molecule has 7 heteroatoms. The minimum Gasteiger partial charge on any atom is -0.484 e. The molecule has 0 spiro atoms. The minimum atomic E-state index is -3.46. The van der Waals surface area contributed by atoms with Gasteiger partial charge in [0.1, 0.15) is 5.75 Å². The maximum Gasteiger partial charge on any atom is 0.262 e. The van der Waals surface area contributed by atoms with Gasteiger partial charge in [0, 0.05) is 18.8 Å². The van der Waals surface area contributed by atoms with Crippen LogP contribution in [0.1, 0.15) is 30.4 Å². The third-order valence-electron chi connectivity index (χ3n) is 5.03. The second-order valence-corrected chi connectivity index (χ2v) is 8.96. The second kappa shape index (κ2) is 8.75. The van der Waals surface area contributed by atoms with E-state index < -0.39 is 10.0 Å². The number of nitrogens with one attached hydrogen (secondary N) is 1. The Morgan fingerprint density at radius 1 is 1.04 bits per heavy atom. The molecule has 0 atom stereocenters. The first-order valence-electron chi connectivity index (χ1n) is 9.47. The number of amides is 1. The fourth-order valence-corrected chi connectivity index (χ4v) is 4.70. The Balaban J connectivity index is 1.58. The number of benzene rings is 2. The standard InChI is InChI=1S/C21H26N2O4S/c1-16-7-6-8-20(17(16)2)22-21(24)15-27-18-9-11-19(12-10-18)28(25,26)23-13-4-3-5-14-23/h6-12H,3-5,13-15H2,1-2H3,(H,22,24). The Bertz CT molecular complexity index is 933. The molecule has 1 aliphatic heterocycles. The molecule has 1 saturated heterocycles. The molecule has 0 saturated carbocycles. The van der Waals surface area contributed by atoms with Gasteiger partial charge in [0.05, 0.1) is 4.90 Å². The molecule has 2 aromatic carbocycles. The van der Waals surface area contributed by atoms with Crippen LogP contribution in [-0.4, -0.2) is 38.3 Å². The quantitative estimate of drug-likeness (QED) is 0.802. The molecule has 1 amide bonds. The first kappa shape index (κ1) is 20.4. The van der Waals surface area contributed by atoms with Gasteiger partial charge in [-0.2, -0.15) is 4.31 Å². The number of hydrogen-bond acceptors (Lipinski definition) is 4. The molecule has 0 unspecified atom stereocenters. The summed E-state index contributed by atoms with van der Waals surface area (Å²) in [5.41, 5.74) is 2.88. The first-order chi connectivity index (χ1) is 13.4. The predicted molar refractivity (Wildman–Crippen MR) is 109 cm³/mol. The van der Waals surface area contributed by atoms with E-state index in [0.29, 0.717) is 18.8 Å². The van der Waals surface area contributed by atoms with Gasteiger partial charge in [-0.1, -0.05) is 18.6 Å². The van der Waals surface area contributed by atoms with E-state index >= 15 is 0 Å². The summed E-state index contributed by atoms with van der Waals surface area (Å²) in [7, 11) is -3.46. The average molecular weight is 403 g/mol. The highest BCUT2D eigenvalue weighted by atomic mass is 32.2. The van der Waals surface area contributed by atoms with Crippen LogP contribution in [-0.2, 0) is 14.8 Å². The number of hydrogen-bond donors (Lipinski definition) is 1. The van der Waals surface area contributed by atoms with Crippen LogP contribution in [0.5, 0.6) is 5.75 Å². The van der Waals surface area contributed by atoms with E-state index in [2.05, 4.69) is 5.32 Å². The summed E-state index contributed by atoms with van der Waals surface area (Å²) in [6.07, 6.45) is 2.87. The molecule has 150 valence electrons. The number of piperidine rings is 1. The normalized spacial score (nSPS) is 15.2. The molecule has 0 aliphatic carbocycles. The molecule has 0 bridgehead atoms. The lowest BCUT2D eigenvalue weighted by atomic mass is 10.1. The third-order valence-corrected chi connectivity index (χ3v) is 6.94. The highest BCUT2D eigenvalue weighted by Gasteiger charge is 2.25. The van der Waals surface area contributed by atoms with Gasteiger partial charge >= 0.3 is 0 Å². The highest BCUT2D eigenvalue weighted by Crippen LogP contribution is 2.23. The van der Waals surface area contributed by atoms with E-state index in [0.717, 1.165) is 36.1 Å². The summed E-state index contributed by atoms with van der Waals surface area (Å²) in [4.78, 5) is 12.4. The van der Waals surface area contributed by atoms with Crippen molar-refractivity contribution in [2.24, 2.45) is 0 Å². The maximum atomic E-state index is 12.6. The van der Waals surface area contributed by atoms with E-state index in [9.17, 15) is 13.2 Å². The van der Waals surface area contributed by atoms with Gasteiger partial charge in [-0.05, 0) is 68.1 Å². The van der Waals surface area contributed by atoms with Crippen LogP contribution in [0.25, 0.3) is 0 Å².